The molecule has 0 bridgehead atoms. The van der Waals surface area contributed by atoms with Crippen LogP contribution in [0.2, 0.25) is 0 Å². The van der Waals surface area contributed by atoms with Crippen molar-refractivity contribution in [3.63, 3.8) is 0 Å². The summed E-state index contributed by atoms with van der Waals surface area (Å²) in [5.41, 5.74) is 5.07. The number of carbonyl (C=O) groups is 1. The summed E-state index contributed by atoms with van der Waals surface area (Å²) < 4.78 is 0. The maximum atomic E-state index is 10.5. The van der Waals surface area contributed by atoms with Crippen LogP contribution in [0.1, 0.15) is 14.5 Å². The van der Waals surface area contributed by atoms with E-state index in [2.05, 4.69) is 5.32 Å². The number of aromatic carboxylic acids is 1. The van der Waals surface area contributed by atoms with Gasteiger partial charge in [0.15, 0.2) is 5.96 Å². The van der Waals surface area contributed by atoms with Crippen molar-refractivity contribution in [2.75, 3.05) is 0 Å². The second kappa shape index (κ2) is 3.90. The molecule has 1 heterocycles. The molecule has 0 amide bonds. The standard InChI is InChI=1S/C7H9N3O2S/c8-7(9)10-3-4-1-2-5(13-4)6(11)12/h1-2H,3H2,(H,11,12)(H4,8,9,10). The number of nitrogens with one attached hydrogen (secondary N) is 2. The highest BCUT2D eigenvalue weighted by Gasteiger charge is 2.06. The maximum absolute atomic E-state index is 10.5. The summed E-state index contributed by atoms with van der Waals surface area (Å²) in [6.45, 7) is 0.396. The van der Waals surface area contributed by atoms with Crippen LogP contribution in [0.3, 0.4) is 0 Å². The zero-order valence-corrected chi connectivity index (χ0v) is 7.52. The summed E-state index contributed by atoms with van der Waals surface area (Å²) in [6, 6.07) is 3.23. The average Bonchev–Trinajstić information content (AvgIpc) is 2.48. The molecule has 5 nitrogen and oxygen atoms in total. The highest BCUT2D eigenvalue weighted by atomic mass is 32.1. The summed E-state index contributed by atoms with van der Waals surface area (Å²) in [7, 11) is 0. The first-order valence-corrected chi connectivity index (χ1v) is 4.31. The average molecular weight is 199 g/mol. The Labute approximate surface area is 78.7 Å². The monoisotopic (exact) mass is 199 g/mol. The molecule has 0 aliphatic heterocycles. The van der Waals surface area contributed by atoms with Crippen LogP contribution < -0.4 is 11.1 Å². The molecule has 0 unspecified atom stereocenters. The fourth-order valence-electron chi connectivity index (χ4n) is 0.770. The fraction of sp³-hybridized carbons (Fsp3) is 0.143. The lowest BCUT2D eigenvalue weighted by atomic mass is 10.4. The van der Waals surface area contributed by atoms with Crippen molar-refractivity contribution in [1.82, 2.24) is 5.32 Å². The van der Waals surface area contributed by atoms with Crippen molar-refractivity contribution in [3.05, 3.63) is 21.9 Å². The van der Waals surface area contributed by atoms with Crippen LogP contribution in [0.25, 0.3) is 0 Å². The molecular weight excluding hydrogens is 190 g/mol. The number of guanidine groups is 1. The molecule has 6 heteroatoms. The van der Waals surface area contributed by atoms with Gasteiger partial charge in [0, 0.05) is 4.88 Å². The van der Waals surface area contributed by atoms with Gasteiger partial charge in [0.2, 0.25) is 0 Å². The third kappa shape index (κ3) is 2.75. The Balaban J connectivity index is 2.59. The van der Waals surface area contributed by atoms with Crippen LogP contribution in [0.4, 0.5) is 0 Å². The number of nitrogens with two attached hydrogens (primary N) is 1. The Morgan fingerprint density at radius 1 is 1.69 bits per heavy atom. The van der Waals surface area contributed by atoms with Gasteiger partial charge in [-0.3, -0.25) is 5.41 Å². The third-order valence-corrected chi connectivity index (χ3v) is 2.40. The first-order valence-electron chi connectivity index (χ1n) is 3.49. The van der Waals surface area contributed by atoms with E-state index in [0.29, 0.717) is 11.4 Å². The van der Waals surface area contributed by atoms with Crippen molar-refractivity contribution in [2.24, 2.45) is 5.73 Å². The van der Waals surface area contributed by atoms with Crippen molar-refractivity contribution in [2.45, 2.75) is 6.54 Å². The number of carboxylic acids is 1. The van der Waals surface area contributed by atoms with Gasteiger partial charge in [-0.2, -0.15) is 0 Å². The summed E-state index contributed by atoms with van der Waals surface area (Å²) >= 11 is 1.17. The molecule has 13 heavy (non-hydrogen) atoms. The minimum atomic E-state index is -0.931. The molecule has 1 aromatic rings. The van der Waals surface area contributed by atoms with Crippen molar-refractivity contribution < 1.29 is 9.90 Å². The van der Waals surface area contributed by atoms with Crippen LogP contribution in [0, 0.1) is 5.41 Å². The van der Waals surface area contributed by atoms with Crippen LogP contribution in [-0.4, -0.2) is 17.0 Å². The Kier molecular flexibility index (Phi) is 2.86. The highest BCUT2D eigenvalue weighted by Crippen LogP contribution is 2.15. The zero-order chi connectivity index (χ0) is 9.84. The Morgan fingerprint density at radius 3 is 2.85 bits per heavy atom. The number of rotatable bonds is 3. The molecule has 1 aromatic heterocycles. The molecule has 0 saturated heterocycles. The van der Waals surface area contributed by atoms with E-state index in [-0.39, 0.29) is 5.96 Å². The van der Waals surface area contributed by atoms with E-state index in [4.69, 9.17) is 16.2 Å². The summed E-state index contributed by atoms with van der Waals surface area (Å²) in [5, 5.41) is 18.1. The summed E-state index contributed by atoms with van der Waals surface area (Å²) in [6.07, 6.45) is 0. The third-order valence-electron chi connectivity index (χ3n) is 1.33. The van der Waals surface area contributed by atoms with Gasteiger partial charge in [0.1, 0.15) is 4.88 Å². The lowest BCUT2D eigenvalue weighted by Gasteiger charge is -1.98. The molecule has 0 radical (unpaired) electrons. The van der Waals surface area contributed by atoms with E-state index < -0.39 is 5.97 Å². The van der Waals surface area contributed by atoms with Gasteiger partial charge in [-0.15, -0.1) is 11.3 Å². The number of hydrogen-bond donors (Lipinski definition) is 4. The van der Waals surface area contributed by atoms with Crippen LogP contribution >= 0.6 is 11.3 Å². The smallest absolute Gasteiger partial charge is 0.345 e. The second-order valence-electron chi connectivity index (χ2n) is 2.34. The van der Waals surface area contributed by atoms with Crippen molar-refractivity contribution in [3.8, 4) is 0 Å². The van der Waals surface area contributed by atoms with E-state index in [1.54, 1.807) is 6.07 Å². The first kappa shape index (κ1) is 9.53. The summed E-state index contributed by atoms with van der Waals surface area (Å²) in [4.78, 5) is 11.6. The Hall–Kier alpha value is -1.56. The zero-order valence-electron chi connectivity index (χ0n) is 6.70. The van der Waals surface area contributed by atoms with E-state index in [1.165, 1.54) is 17.4 Å². The molecule has 1 rings (SSSR count). The van der Waals surface area contributed by atoms with Gasteiger partial charge in [-0.25, -0.2) is 4.79 Å². The topological polar surface area (TPSA) is 99.2 Å². The molecule has 0 spiro atoms. The molecule has 0 saturated carbocycles. The number of carboxylic acid groups (broad SMARTS) is 1. The number of thiophene rings is 1. The molecule has 0 aliphatic carbocycles. The minimum Gasteiger partial charge on any atom is -0.477 e. The second-order valence-corrected chi connectivity index (χ2v) is 3.51. The molecule has 0 aliphatic rings. The van der Waals surface area contributed by atoms with Gasteiger partial charge < -0.3 is 16.2 Å². The van der Waals surface area contributed by atoms with Crippen molar-refractivity contribution >= 4 is 23.3 Å². The van der Waals surface area contributed by atoms with E-state index in [1.807, 2.05) is 0 Å². The van der Waals surface area contributed by atoms with Crippen LogP contribution in [0.15, 0.2) is 12.1 Å². The largest absolute Gasteiger partial charge is 0.477 e. The van der Waals surface area contributed by atoms with E-state index in [0.717, 1.165) is 4.88 Å². The minimum absolute atomic E-state index is 0.120. The first-order chi connectivity index (χ1) is 6.09. The van der Waals surface area contributed by atoms with E-state index >= 15 is 0 Å². The molecule has 0 aromatic carbocycles. The van der Waals surface area contributed by atoms with Gasteiger partial charge in [-0.1, -0.05) is 0 Å². The SMILES string of the molecule is N=C(N)NCc1ccc(C(=O)O)s1. The Morgan fingerprint density at radius 2 is 2.38 bits per heavy atom. The molecule has 5 N–H and O–H groups in total. The predicted molar refractivity (Wildman–Crippen MR) is 50.0 cm³/mol. The predicted octanol–water partition coefficient (Wildman–Crippen LogP) is 0.429. The van der Waals surface area contributed by atoms with Gasteiger partial charge in [-0.05, 0) is 12.1 Å². The normalized spacial score (nSPS) is 9.54. The molecule has 0 fully saturated rings. The fourth-order valence-corrected chi connectivity index (χ4v) is 1.56. The van der Waals surface area contributed by atoms with Gasteiger partial charge in [0.25, 0.3) is 0 Å². The lowest BCUT2D eigenvalue weighted by molar-refractivity contribution is 0.0702. The van der Waals surface area contributed by atoms with Gasteiger partial charge in [0.05, 0.1) is 6.54 Å². The lowest BCUT2D eigenvalue weighted by Crippen LogP contribution is -2.29. The van der Waals surface area contributed by atoms with E-state index in [9.17, 15) is 4.79 Å². The summed E-state index contributed by atoms with van der Waals surface area (Å²) in [5.74, 6) is -1.05. The highest BCUT2D eigenvalue weighted by molar-refractivity contribution is 7.13. The van der Waals surface area contributed by atoms with Crippen LogP contribution in [-0.2, 0) is 6.54 Å². The molecule has 0 atom stereocenters. The quantitative estimate of drug-likeness (QED) is 0.419. The molecule has 70 valence electrons. The maximum Gasteiger partial charge on any atom is 0.345 e. The number of hydrogen-bond acceptors (Lipinski definition) is 3. The van der Waals surface area contributed by atoms with Crippen LogP contribution in [0.5, 0.6) is 0 Å². The Bertz CT molecular complexity index is 334. The molecular formula is C7H9N3O2S. The van der Waals surface area contributed by atoms with Crippen molar-refractivity contribution in [1.29, 1.82) is 5.41 Å². The van der Waals surface area contributed by atoms with Gasteiger partial charge >= 0.3 is 5.97 Å².